The van der Waals surface area contributed by atoms with E-state index in [1.807, 2.05) is 6.92 Å². The van der Waals surface area contributed by atoms with Gasteiger partial charge in [-0.15, -0.1) is 0 Å². The Morgan fingerprint density at radius 3 is 2.42 bits per heavy atom. The molecule has 10 heteroatoms. The Kier molecular flexibility index (Phi) is 6.53. The molecule has 2 amide bonds. The van der Waals surface area contributed by atoms with E-state index in [0.717, 1.165) is 5.56 Å². The number of carbonyl (C=O) groups excluding carboxylic acids is 2. The van der Waals surface area contributed by atoms with Crippen LogP contribution < -0.4 is 28.1 Å². The first-order valence-corrected chi connectivity index (χ1v) is 7.02. The molecule has 0 aliphatic carbocycles. The highest BCUT2D eigenvalue weighted by molar-refractivity contribution is 6.02. The van der Waals surface area contributed by atoms with Crippen molar-refractivity contribution in [2.75, 3.05) is 6.61 Å². The fourth-order valence-electron chi connectivity index (χ4n) is 1.95. The van der Waals surface area contributed by atoms with Crippen molar-refractivity contribution in [1.82, 2.24) is 10.9 Å². The summed E-state index contributed by atoms with van der Waals surface area (Å²) in [6.45, 7) is 5.38. The summed E-state index contributed by atoms with van der Waals surface area (Å²) in [4.78, 5) is 31.3. The molecular weight excluding hydrogens is 314 g/mol. The minimum absolute atomic E-state index is 0.176. The zero-order valence-corrected chi connectivity index (χ0v) is 13.7. The molecule has 0 aliphatic rings. The lowest BCUT2D eigenvalue weighted by Crippen LogP contribution is -2.42. The van der Waals surface area contributed by atoms with Gasteiger partial charge in [0, 0.05) is 0 Å². The second-order valence-corrected chi connectivity index (χ2v) is 4.78. The Morgan fingerprint density at radius 2 is 1.83 bits per heavy atom. The minimum atomic E-state index is -0.777. The van der Waals surface area contributed by atoms with Crippen LogP contribution >= 0.6 is 0 Å². The van der Waals surface area contributed by atoms with Gasteiger partial charge in [-0.2, -0.15) is 4.99 Å². The SMILES string of the molecule is CCOC(=O)NNC(=O)c1c(C)cc(C)cc1N=C(N)N=C(N)N. The summed E-state index contributed by atoms with van der Waals surface area (Å²) >= 11 is 0. The summed E-state index contributed by atoms with van der Waals surface area (Å²) in [7, 11) is 0. The number of guanidine groups is 2. The topological polar surface area (TPSA) is 170 Å². The van der Waals surface area contributed by atoms with Crippen LogP contribution in [0.1, 0.15) is 28.4 Å². The van der Waals surface area contributed by atoms with Gasteiger partial charge in [-0.25, -0.2) is 15.2 Å². The lowest BCUT2D eigenvalue weighted by molar-refractivity contribution is 0.0913. The van der Waals surface area contributed by atoms with Gasteiger partial charge in [0.2, 0.25) is 5.96 Å². The number of nitrogens with two attached hydrogens (primary N) is 3. The number of aryl methyl sites for hydroxylation is 2. The second-order valence-electron chi connectivity index (χ2n) is 4.78. The fraction of sp³-hybridized carbons (Fsp3) is 0.286. The number of aliphatic imine (C=N–C) groups is 2. The van der Waals surface area contributed by atoms with Crippen LogP contribution in [-0.4, -0.2) is 30.5 Å². The van der Waals surface area contributed by atoms with Crippen LogP contribution in [0.5, 0.6) is 0 Å². The predicted molar refractivity (Wildman–Crippen MR) is 90.6 cm³/mol. The van der Waals surface area contributed by atoms with Crippen LogP contribution in [0.4, 0.5) is 10.5 Å². The van der Waals surface area contributed by atoms with E-state index in [9.17, 15) is 9.59 Å². The van der Waals surface area contributed by atoms with Gasteiger partial charge in [0.05, 0.1) is 17.9 Å². The fourth-order valence-corrected chi connectivity index (χ4v) is 1.95. The lowest BCUT2D eigenvalue weighted by Gasteiger charge is -2.12. The van der Waals surface area contributed by atoms with Crippen LogP contribution in [0.25, 0.3) is 0 Å². The van der Waals surface area contributed by atoms with Crippen molar-refractivity contribution in [2.24, 2.45) is 27.2 Å². The molecule has 0 bridgehead atoms. The smallest absolute Gasteiger partial charge is 0.426 e. The third-order valence-electron chi connectivity index (χ3n) is 2.72. The van der Waals surface area contributed by atoms with E-state index in [2.05, 4.69) is 25.6 Å². The number of ether oxygens (including phenoxy) is 1. The van der Waals surface area contributed by atoms with Crippen LogP contribution in [0, 0.1) is 13.8 Å². The van der Waals surface area contributed by atoms with Crippen LogP contribution in [0.2, 0.25) is 0 Å². The molecule has 8 N–H and O–H groups in total. The number of amides is 2. The summed E-state index contributed by atoms with van der Waals surface area (Å²) in [5.41, 5.74) is 22.4. The number of carbonyl (C=O) groups is 2. The van der Waals surface area contributed by atoms with Gasteiger partial charge < -0.3 is 21.9 Å². The normalized spacial score (nSPS) is 10.7. The van der Waals surface area contributed by atoms with E-state index >= 15 is 0 Å². The zero-order valence-electron chi connectivity index (χ0n) is 13.7. The summed E-state index contributed by atoms with van der Waals surface area (Å²) in [5.74, 6) is -1.04. The molecule has 0 heterocycles. The molecule has 0 fully saturated rings. The summed E-state index contributed by atoms with van der Waals surface area (Å²) in [6, 6.07) is 3.43. The molecule has 0 aromatic heterocycles. The van der Waals surface area contributed by atoms with Gasteiger partial charge in [0.1, 0.15) is 0 Å². The Hall–Kier alpha value is -3.30. The van der Waals surface area contributed by atoms with Gasteiger partial charge >= 0.3 is 6.09 Å². The maximum Gasteiger partial charge on any atom is 0.426 e. The third-order valence-corrected chi connectivity index (χ3v) is 2.72. The van der Waals surface area contributed by atoms with Crippen molar-refractivity contribution in [3.63, 3.8) is 0 Å². The standard InChI is InChI=1S/C14H21N7O3/c1-4-24-14(23)21-20-11(22)10-8(3)5-7(2)6-9(10)18-13(17)19-12(15)16/h5-6H,4H2,1-3H3,(H,20,22)(H,21,23)(H6,15,16,17,18,19). The Labute approximate surface area is 139 Å². The molecule has 0 saturated carbocycles. The van der Waals surface area contributed by atoms with Gasteiger partial charge in [0.15, 0.2) is 5.96 Å². The predicted octanol–water partition coefficient (Wildman–Crippen LogP) is -0.0861. The van der Waals surface area contributed by atoms with Gasteiger partial charge in [-0.3, -0.25) is 10.2 Å². The average molecular weight is 335 g/mol. The largest absolute Gasteiger partial charge is 0.449 e. The summed E-state index contributed by atoms with van der Waals surface area (Å²) < 4.78 is 4.66. The van der Waals surface area contributed by atoms with E-state index in [-0.39, 0.29) is 29.8 Å². The molecule has 0 unspecified atom stereocenters. The molecule has 1 aromatic carbocycles. The lowest BCUT2D eigenvalue weighted by atomic mass is 10.0. The number of benzene rings is 1. The van der Waals surface area contributed by atoms with Crippen molar-refractivity contribution in [3.05, 3.63) is 28.8 Å². The highest BCUT2D eigenvalue weighted by Crippen LogP contribution is 2.25. The van der Waals surface area contributed by atoms with Crippen molar-refractivity contribution in [1.29, 1.82) is 0 Å². The number of hydrazine groups is 1. The van der Waals surface area contributed by atoms with Gasteiger partial charge in [-0.05, 0) is 38.0 Å². The Balaban J connectivity index is 3.15. The summed E-state index contributed by atoms with van der Waals surface area (Å²) in [5, 5.41) is 0. The third kappa shape index (κ3) is 5.48. The average Bonchev–Trinajstić information content (AvgIpc) is 2.43. The molecule has 130 valence electrons. The second kappa shape index (κ2) is 8.36. The highest BCUT2D eigenvalue weighted by Gasteiger charge is 2.16. The van der Waals surface area contributed by atoms with Crippen molar-refractivity contribution in [3.8, 4) is 0 Å². The molecule has 0 atom stereocenters. The minimum Gasteiger partial charge on any atom is -0.449 e. The van der Waals surface area contributed by atoms with Crippen molar-refractivity contribution >= 4 is 29.6 Å². The molecule has 24 heavy (non-hydrogen) atoms. The van der Waals surface area contributed by atoms with Crippen LogP contribution in [-0.2, 0) is 4.74 Å². The zero-order chi connectivity index (χ0) is 18.3. The molecule has 1 aromatic rings. The first kappa shape index (κ1) is 18.7. The van der Waals surface area contributed by atoms with Crippen LogP contribution in [0.3, 0.4) is 0 Å². The van der Waals surface area contributed by atoms with E-state index in [1.165, 1.54) is 0 Å². The van der Waals surface area contributed by atoms with Gasteiger partial charge in [0.25, 0.3) is 5.91 Å². The maximum absolute atomic E-state index is 12.3. The molecule has 0 spiro atoms. The maximum atomic E-state index is 12.3. The molecular formula is C14H21N7O3. The van der Waals surface area contributed by atoms with E-state index in [0.29, 0.717) is 5.56 Å². The van der Waals surface area contributed by atoms with Crippen molar-refractivity contribution in [2.45, 2.75) is 20.8 Å². The number of hydrogen-bond donors (Lipinski definition) is 5. The molecule has 0 aliphatic heterocycles. The molecule has 0 radical (unpaired) electrons. The van der Waals surface area contributed by atoms with Crippen molar-refractivity contribution < 1.29 is 14.3 Å². The number of nitrogens with zero attached hydrogens (tertiary/aromatic N) is 2. The van der Waals surface area contributed by atoms with E-state index < -0.39 is 12.0 Å². The van der Waals surface area contributed by atoms with Crippen LogP contribution in [0.15, 0.2) is 22.1 Å². The summed E-state index contributed by atoms with van der Waals surface area (Å²) in [6.07, 6.45) is -0.777. The molecule has 0 saturated heterocycles. The van der Waals surface area contributed by atoms with E-state index in [1.54, 1.807) is 26.0 Å². The Morgan fingerprint density at radius 1 is 1.17 bits per heavy atom. The first-order valence-electron chi connectivity index (χ1n) is 7.02. The first-order chi connectivity index (χ1) is 11.2. The van der Waals surface area contributed by atoms with E-state index in [4.69, 9.17) is 17.2 Å². The molecule has 10 nitrogen and oxygen atoms in total. The monoisotopic (exact) mass is 335 g/mol. The van der Waals surface area contributed by atoms with Gasteiger partial charge in [-0.1, -0.05) is 6.07 Å². The number of hydrogen-bond acceptors (Lipinski definition) is 4. The Bertz CT molecular complexity index is 694. The quantitative estimate of drug-likeness (QED) is 0.293. The molecule has 1 rings (SSSR count). The number of rotatable bonds is 3. The highest BCUT2D eigenvalue weighted by atomic mass is 16.5. The number of nitrogens with one attached hydrogen (secondary N) is 2.